The first kappa shape index (κ1) is 13.4. The van der Waals surface area contributed by atoms with Gasteiger partial charge in [-0.3, -0.25) is 0 Å². The molecule has 3 nitrogen and oxygen atoms in total. The summed E-state index contributed by atoms with van der Waals surface area (Å²) in [5, 5.41) is 0. The van der Waals surface area contributed by atoms with Gasteiger partial charge in [0.1, 0.15) is 5.75 Å². The van der Waals surface area contributed by atoms with Crippen LogP contribution in [-0.2, 0) is 5.41 Å². The van der Waals surface area contributed by atoms with Crippen molar-refractivity contribution in [3.05, 3.63) is 29.8 Å². The van der Waals surface area contributed by atoms with Crippen molar-refractivity contribution in [2.75, 3.05) is 33.8 Å². The molecule has 1 aliphatic heterocycles. The van der Waals surface area contributed by atoms with Gasteiger partial charge in [0.25, 0.3) is 0 Å². The molecule has 1 unspecified atom stereocenters. The average molecular weight is 248 g/mol. The summed E-state index contributed by atoms with van der Waals surface area (Å²) in [5.41, 5.74) is 7.51. The van der Waals surface area contributed by atoms with E-state index in [9.17, 15) is 0 Å². The van der Waals surface area contributed by atoms with Crippen LogP contribution in [0.15, 0.2) is 24.3 Å². The van der Waals surface area contributed by atoms with Gasteiger partial charge in [0.05, 0.1) is 6.61 Å². The first-order valence-electron chi connectivity index (χ1n) is 6.75. The quantitative estimate of drug-likeness (QED) is 0.886. The molecule has 100 valence electrons. The SMILES string of the molecule is CN(C)CCC1(CN)CCCOc2ccccc21. The fourth-order valence-corrected chi connectivity index (χ4v) is 2.77. The molecular formula is C15H24N2O. The Morgan fingerprint density at radius 2 is 2.11 bits per heavy atom. The van der Waals surface area contributed by atoms with Crippen LogP contribution in [-0.4, -0.2) is 38.7 Å². The number of hydrogen-bond donors (Lipinski definition) is 1. The number of nitrogens with zero attached hydrogens (tertiary/aromatic N) is 1. The molecule has 2 rings (SSSR count). The zero-order valence-electron chi connectivity index (χ0n) is 11.5. The van der Waals surface area contributed by atoms with E-state index >= 15 is 0 Å². The van der Waals surface area contributed by atoms with Crippen molar-refractivity contribution in [3.8, 4) is 5.75 Å². The van der Waals surface area contributed by atoms with Gasteiger partial charge in [-0.2, -0.15) is 0 Å². The first-order chi connectivity index (χ1) is 8.68. The van der Waals surface area contributed by atoms with E-state index in [2.05, 4.69) is 37.2 Å². The van der Waals surface area contributed by atoms with Crippen LogP contribution in [0.5, 0.6) is 5.75 Å². The summed E-state index contributed by atoms with van der Waals surface area (Å²) in [7, 11) is 4.23. The van der Waals surface area contributed by atoms with Crippen LogP contribution in [0.3, 0.4) is 0 Å². The summed E-state index contributed by atoms with van der Waals surface area (Å²) in [6.45, 7) is 2.56. The molecule has 0 saturated carbocycles. The number of rotatable bonds is 4. The lowest BCUT2D eigenvalue weighted by atomic mass is 9.74. The van der Waals surface area contributed by atoms with Crippen molar-refractivity contribution in [3.63, 3.8) is 0 Å². The summed E-state index contributed by atoms with van der Waals surface area (Å²) >= 11 is 0. The van der Waals surface area contributed by atoms with E-state index in [-0.39, 0.29) is 5.41 Å². The molecule has 3 heteroatoms. The van der Waals surface area contributed by atoms with Crippen LogP contribution in [0.2, 0.25) is 0 Å². The highest BCUT2D eigenvalue weighted by molar-refractivity contribution is 5.41. The number of fused-ring (bicyclic) bond motifs is 1. The summed E-state index contributed by atoms with van der Waals surface area (Å²) in [4.78, 5) is 2.23. The number of para-hydroxylation sites is 1. The molecular weight excluding hydrogens is 224 g/mol. The van der Waals surface area contributed by atoms with E-state index in [1.54, 1.807) is 0 Å². The van der Waals surface area contributed by atoms with E-state index in [4.69, 9.17) is 10.5 Å². The minimum atomic E-state index is 0.0807. The fourth-order valence-electron chi connectivity index (χ4n) is 2.77. The van der Waals surface area contributed by atoms with Crippen LogP contribution >= 0.6 is 0 Å². The second-order valence-electron chi connectivity index (χ2n) is 5.49. The van der Waals surface area contributed by atoms with Crippen molar-refractivity contribution in [2.24, 2.45) is 5.73 Å². The lowest BCUT2D eigenvalue weighted by molar-refractivity contribution is 0.290. The van der Waals surface area contributed by atoms with Gasteiger partial charge < -0.3 is 15.4 Å². The molecule has 1 aromatic rings. The number of nitrogens with two attached hydrogens (primary N) is 1. The normalized spacial score (nSPS) is 23.3. The van der Waals surface area contributed by atoms with Crippen LogP contribution in [0.4, 0.5) is 0 Å². The maximum atomic E-state index is 6.13. The fraction of sp³-hybridized carbons (Fsp3) is 0.600. The molecule has 0 fully saturated rings. The molecule has 0 bridgehead atoms. The van der Waals surface area contributed by atoms with E-state index in [0.29, 0.717) is 6.54 Å². The highest BCUT2D eigenvalue weighted by Crippen LogP contribution is 2.40. The van der Waals surface area contributed by atoms with Crippen LogP contribution in [0.25, 0.3) is 0 Å². The molecule has 1 aromatic carbocycles. The highest BCUT2D eigenvalue weighted by atomic mass is 16.5. The highest BCUT2D eigenvalue weighted by Gasteiger charge is 2.34. The zero-order valence-corrected chi connectivity index (χ0v) is 11.5. The molecule has 0 radical (unpaired) electrons. The maximum Gasteiger partial charge on any atom is 0.123 e. The van der Waals surface area contributed by atoms with Crippen LogP contribution in [0, 0.1) is 0 Å². The Labute approximate surface area is 110 Å². The van der Waals surface area contributed by atoms with Crippen molar-refractivity contribution < 1.29 is 4.74 Å². The molecule has 2 N–H and O–H groups in total. The Bertz CT molecular complexity index is 392. The average Bonchev–Trinajstić information content (AvgIpc) is 2.57. The Hall–Kier alpha value is -1.06. The van der Waals surface area contributed by atoms with Gasteiger partial charge in [0, 0.05) is 17.5 Å². The van der Waals surface area contributed by atoms with Crippen molar-refractivity contribution in [1.82, 2.24) is 4.90 Å². The van der Waals surface area contributed by atoms with Gasteiger partial charge in [-0.05, 0) is 46.0 Å². The summed E-state index contributed by atoms with van der Waals surface area (Å²) in [5.74, 6) is 1.03. The van der Waals surface area contributed by atoms with E-state index in [1.807, 2.05) is 6.07 Å². The lowest BCUT2D eigenvalue weighted by Crippen LogP contribution is -2.37. The zero-order chi connectivity index (χ0) is 13.0. The summed E-state index contributed by atoms with van der Waals surface area (Å²) < 4.78 is 5.84. The van der Waals surface area contributed by atoms with Gasteiger partial charge in [0.15, 0.2) is 0 Å². The van der Waals surface area contributed by atoms with Crippen LogP contribution < -0.4 is 10.5 Å². The predicted molar refractivity (Wildman–Crippen MR) is 75.1 cm³/mol. The van der Waals surface area contributed by atoms with E-state index in [1.165, 1.54) is 5.56 Å². The predicted octanol–water partition coefficient (Wildman–Crippen LogP) is 2.01. The maximum absolute atomic E-state index is 6.13. The van der Waals surface area contributed by atoms with E-state index in [0.717, 1.165) is 38.2 Å². The van der Waals surface area contributed by atoms with Gasteiger partial charge in [0.2, 0.25) is 0 Å². The smallest absolute Gasteiger partial charge is 0.123 e. The number of ether oxygens (including phenoxy) is 1. The molecule has 0 amide bonds. The molecule has 0 spiro atoms. The van der Waals surface area contributed by atoms with Gasteiger partial charge in [-0.15, -0.1) is 0 Å². The third-order valence-corrected chi connectivity index (χ3v) is 3.94. The summed E-state index contributed by atoms with van der Waals surface area (Å²) in [6.07, 6.45) is 3.30. The van der Waals surface area contributed by atoms with Crippen molar-refractivity contribution in [2.45, 2.75) is 24.7 Å². The Morgan fingerprint density at radius 3 is 2.83 bits per heavy atom. The lowest BCUT2D eigenvalue weighted by Gasteiger charge is -2.33. The van der Waals surface area contributed by atoms with Crippen molar-refractivity contribution >= 4 is 0 Å². The molecule has 0 aromatic heterocycles. The Kier molecular flexibility index (Phi) is 4.25. The van der Waals surface area contributed by atoms with E-state index < -0.39 is 0 Å². The molecule has 18 heavy (non-hydrogen) atoms. The van der Waals surface area contributed by atoms with Gasteiger partial charge in [-0.1, -0.05) is 18.2 Å². The minimum absolute atomic E-state index is 0.0807. The number of hydrogen-bond acceptors (Lipinski definition) is 3. The second kappa shape index (κ2) is 5.72. The minimum Gasteiger partial charge on any atom is -0.493 e. The second-order valence-corrected chi connectivity index (χ2v) is 5.49. The summed E-state index contributed by atoms with van der Waals surface area (Å²) in [6, 6.07) is 8.38. The van der Waals surface area contributed by atoms with Gasteiger partial charge in [-0.25, -0.2) is 0 Å². The third-order valence-electron chi connectivity index (χ3n) is 3.94. The Morgan fingerprint density at radius 1 is 1.33 bits per heavy atom. The molecule has 1 atom stereocenters. The van der Waals surface area contributed by atoms with Crippen molar-refractivity contribution in [1.29, 1.82) is 0 Å². The molecule has 0 saturated heterocycles. The van der Waals surface area contributed by atoms with Crippen LogP contribution in [0.1, 0.15) is 24.8 Å². The van der Waals surface area contributed by atoms with Gasteiger partial charge >= 0.3 is 0 Å². The molecule has 1 aliphatic rings. The third kappa shape index (κ3) is 2.68. The monoisotopic (exact) mass is 248 g/mol. The molecule has 1 heterocycles. The largest absolute Gasteiger partial charge is 0.493 e. The standard InChI is InChI=1S/C15H24N2O/c1-17(2)10-9-15(12-16)8-5-11-18-14-7-4-3-6-13(14)15/h3-4,6-7H,5,8-12,16H2,1-2H3. The topological polar surface area (TPSA) is 38.5 Å². The first-order valence-corrected chi connectivity index (χ1v) is 6.75. The molecule has 0 aliphatic carbocycles. The Balaban J connectivity index is 2.33. The number of benzene rings is 1.